The van der Waals surface area contributed by atoms with Crippen LogP contribution in [0.15, 0.2) is 18.2 Å². The van der Waals surface area contributed by atoms with E-state index in [1.54, 1.807) is 0 Å². The Labute approximate surface area is 98.4 Å². The molecule has 2 nitrogen and oxygen atoms in total. The first-order valence-electron chi connectivity index (χ1n) is 6.17. The summed E-state index contributed by atoms with van der Waals surface area (Å²) in [5.41, 5.74) is 10.1. The number of rotatable bonds is 3. The molecule has 1 unspecified atom stereocenters. The van der Waals surface area contributed by atoms with E-state index in [4.69, 9.17) is 5.73 Å². The highest BCUT2D eigenvalue weighted by Crippen LogP contribution is 2.27. The summed E-state index contributed by atoms with van der Waals surface area (Å²) in [5, 5.41) is 0. The molecule has 2 N–H and O–H groups in total. The van der Waals surface area contributed by atoms with Crippen LogP contribution in [0.3, 0.4) is 0 Å². The summed E-state index contributed by atoms with van der Waals surface area (Å²) < 4.78 is 0. The van der Waals surface area contributed by atoms with Crippen molar-refractivity contribution in [3.05, 3.63) is 34.9 Å². The Morgan fingerprint density at radius 3 is 2.50 bits per heavy atom. The van der Waals surface area contributed by atoms with Crippen LogP contribution in [0.4, 0.5) is 0 Å². The van der Waals surface area contributed by atoms with Gasteiger partial charge < -0.3 is 5.73 Å². The maximum Gasteiger partial charge on any atom is 0.0243 e. The maximum atomic E-state index is 5.71. The van der Waals surface area contributed by atoms with Crippen molar-refractivity contribution in [1.82, 2.24) is 4.90 Å². The highest BCUT2D eigenvalue weighted by atomic mass is 15.2. The number of fused-ring (bicyclic) bond motifs is 1. The van der Waals surface area contributed by atoms with E-state index in [2.05, 4.69) is 43.9 Å². The Kier molecular flexibility index (Phi) is 3.31. The van der Waals surface area contributed by atoms with Crippen molar-refractivity contribution in [3.8, 4) is 0 Å². The monoisotopic (exact) mass is 218 g/mol. The van der Waals surface area contributed by atoms with Gasteiger partial charge in [-0.05, 0) is 43.0 Å². The van der Waals surface area contributed by atoms with Gasteiger partial charge in [0.15, 0.2) is 0 Å². The molecule has 1 aliphatic heterocycles. The number of nitrogens with two attached hydrogens (primary N) is 1. The Morgan fingerprint density at radius 2 is 1.88 bits per heavy atom. The molecule has 1 aromatic carbocycles. The van der Waals surface area contributed by atoms with Crippen LogP contribution in [0, 0.1) is 0 Å². The third-order valence-corrected chi connectivity index (χ3v) is 3.63. The summed E-state index contributed by atoms with van der Waals surface area (Å²) in [6, 6.07) is 7.48. The Hall–Kier alpha value is -0.860. The second-order valence-corrected chi connectivity index (χ2v) is 5.16. The average molecular weight is 218 g/mol. The highest BCUT2D eigenvalue weighted by Gasteiger charge is 2.21. The zero-order valence-corrected chi connectivity index (χ0v) is 10.5. The zero-order chi connectivity index (χ0) is 11.7. The molecule has 2 heteroatoms. The molecule has 0 saturated heterocycles. The van der Waals surface area contributed by atoms with Crippen molar-refractivity contribution in [2.24, 2.45) is 5.73 Å². The zero-order valence-electron chi connectivity index (χ0n) is 10.5. The molecule has 1 aliphatic rings. The van der Waals surface area contributed by atoms with E-state index in [0.717, 1.165) is 19.6 Å². The lowest BCUT2D eigenvalue weighted by Gasteiger charge is -2.18. The molecule has 0 fully saturated rings. The summed E-state index contributed by atoms with van der Waals surface area (Å²) in [5.74, 6) is 0.471. The van der Waals surface area contributed by atoms with Gasteiger partial charge in [-0.25, -0.2) is 0 Å². The van der Waals surface area contributed by atoms with Gasteiger partial charge in [-0.3, -0.25) is 4.90 Å². The van der Waals surface area contributed by atoms with Gasteiger partial charge in [0.2, 0.25) is 0 Å². The van der Waals surface area contributed by atoms with Crippen LogP contribution in [0.1, 0.15) is 43.4 Å². The molecule has 0 aromatic heterocycles. The molecule has 0 aliphatic carbocycles. The lowest BCUT2D eigenvalue weighted by atomic mass is 9.97. The van der Waals surface area contributed by atoms with E-state index in [1.165, 1.54) is 16.7 Å². The molecular weight excluding hydrogens is 196 g/mol. The van der Waals surface area contributed by atoms with E-state index in [9.17, 15) is 0 Å². The molecule has 1 atom stereocenters. The Bertz CT molecular complexity index is 371. The van der Waals surface area contributed by atoms with Crippen molar-refractivity contribution in [2.45, 2.75) is 45.8 Å². The fourth-order valence-electron chi connectivity index (χ4n) is 2.25. The van der Waals surface area contributed by atoms with Crippen molar-refractivity contribution in [2.75, 3.05) is 6.54 Å². The van der Waals surface area contributed by atoms with Crippen molar-refractivity contribution in [1.29, 1.82) is 0 Å². The number of hydrogen-bond acceptors (Lipinski definition) is 2. The lowest BCUT2D eigenvalue weighted by Crippen LogP contribution is -2.24. The van der Waals surface area contributed by atoms with Gasteiger partial charge in [0.05, 0.1) is 0 Å². The first-order chi connectivity index (χ1) is 7.61. The first kappa shape index (κ1) is 11.6. The molecule has 0 spiro atoms. The van der Waals surface area contributed by atoms with Crippen LogP contribution >= 0.6 is 0 Å². The van der Waals surface area contributed by atoms with Gasteiger partial charge in [0.1, 0.15) is 0 Å². The number of nitrogens with zero attached hydrogens (tertiary/aromatic N) is 1. The highest BCUT2D eigenvalue weighted by molar-refractivity contribution is 5.36. The van der Waals surface area contributed by atoms with E-state index in [1.807, 2.05) is 0 Å². The van der Waals surface area contributed by atoms with E-state index in [-0.39, 0.29) is 0 Å². The third kappa shape index (κ3) is 2.13. The van der Waals surface area contributed by atoms with Crippen molar-refractivity contribution < 1.29 is 0 Å². The minimum Gasteiger partial charge on any atom is -0.330 e. The smallest absolute Gasteiger partial charge is 0.0243 e. The van der Waals surface area contributed by atoms with Crippen molar-refractivity contribution >= 4 is 0 Å². The predicted molar refractivity (Wildman–Crippen MR) is 68.3 cm³/mol. The van der Waals surface area contributed by atoms with Gasteiger partial charge in [-0.1, -0.05) is 25.1 Å². The molecule has 16 heavy (non-hydrogen) atoms. The van der Waals surface area contributed by atoms with Crippen LogP contribution in [0.25, 0.3) is 0 Å². The van der Waals surface area contributed by atoms with Crippen LogP contribution in [0.2, 0.25) is 0 Å². The molecule has 0 saturated carbocycles. The fraction of sp³-hybridized carbons (Fsp3) is 0.571. The summed E-state index contributed by atoms with van der Waals surface area (Å²) in [6.07, 6.45) is 0. The predicted octanol–water partition coefficient (Wildman–Crippen LogP) is 2.47. The Morgan fingerprint density at radius 1 is 1.19 bits per heavy atom. The summed E-state index contributed by atoms with van der Waals surface area (Å²) in [7, 11) is 0. The molecule has 0 bridgehead atoms. The van der Waals surface area contributed by atoms with Crippen LogP contribution in [0.5, 0.6) is 0 Å². The first-order valence-corrected chi connectivity index (χ1v) is 6.17. The van der Waals surface area contributed by atoms with Crippen LogP contribution in [-0.2, 0) is 13.1 Å². The second-order valence-electron chi connectivity index (χ2n) is 5.16. The number of benzene rings is 1. The van der Waals surface area contributed by atoms with E-state index >= 15 is 0 Å². The minimum atomic E-state index is 0.471. The molecule has 0 radical (unpaired) electrons. The standard InChI is InChI=1S/C14H22N2/c1-10(2)16-8-13-5-4-12(11(3)7-15)6-14(13)9-16/h4-6,10-11H,7-9,15H2,1-3H3. The van der Waals surface area contributed by atoms with E-state index < -0.39 is 0 Å². The lowest BCUT2D eigenvalue weighted by molar-refractivity contribution is 0.227. The summed E-state index contributed by atoms with van der Waals surface area (Å²) in [4.78, 5) is 2.50. The molecule has 2 rings (SSSR count). The quantitative estimate of drug-likeness (QED) is 0.844. The van der Waals surface area contributed by atoms with Gasteiger partial charge in [0.25, 0.3) is 0 Å². The SMILES string of the molecule is CC(CN)c1ccc2c(c1)CN(C(C)C)C2. The third-order valence-electron chi connectivity index (χ3n) is 3.63. The summed E-state index contributed by atoms with van der Waals surface area (Å²) in [6.45, 7) is 9.64. The average Bonchev–Trinajstić information content (AvgIpc) is 2.70. The molecular formula is C14H22N2. The molecule has 1 aromatic rings. The van der Waals surface area contributed by atoms with Gasteiger partial charge in [-0.15, -0.1) is 0 Å². The fourth-order valence-corrected chi connectivity index (χ4v) is 2.25. The summed E-state index contributed by atoms with van der Waals surface area (Å²) >= 11 is 0. The van der Waals surface area contributed by atoms with Crippen LogP contribution < -0.4 is 5.73 Å². The van der Waals surface area contributed by atoms with Gasteiger partial charge in [0, 0.05) is 19.1 Å². The second kappa shape index (κ2) is 4.56. The molecule has 0 amide bonds. The van der Waals surface area contributed by atoms with E-state index in [0.29, 0.717) is 12.0 Å². The normalized spacial score (nSPS) is 17.8. The topological polar surface area (TPSA) is 29.3 Å². The van der Waals surface area contributed by atoms with Crippen LogP contribution in [-0.4, -0.2) is 17.5 Å². The maximum absolute atomic E-state index is 5.71. The number of hydrogen-bond donors (Lipinski definition) is 1. The Balaban J connectivity index is 2.20. The molecule has 88 valence electrons. The largest absolute Gasteiger partial charge is 0.330 e. The minimum absolute atomic E-state index is 0.471. The van der Waals surface area contributed by atoms with Gasteiger partial charge >= 0.3 is 0 Å². The van der Waals surface area contributed by atoms with Crippen molar-refractivity contribution in [3.63, 3.8) is 0 Å². The molecule has 1 heterocycles. The van der Waals surface area contributed by atoms with Gasteiger partial charge in [-0.2, -0.15) is 0 Å².